The molecule has 3 amide bonds. The van der Waals surface area contributed by atoms with E-state index < -0.39 is 17.7 Å². The van der Waals surface area contributed by atoms with E-state index in [4.69, 9.17) is 4.74 Å². The summed E-state index contributed by atoms with van der Waals surface area (Å²) in [4.78, 5) is 42.8. The fraction of sp³-hybridized carbons (Fsp3) is 0.850. The minimum Gasteiger partial charge on any atom is -0.444 e. The molecule has 1 saturated heterocycles. The minimum absolute atomic E-state index is 0.0222. The highest BCUT2D eigenvalue weighted by molar-refractivity contribution is 5.86. The van der Waals surface area contributed by atoms with Crippen molar-refractivity contribution in [1.82, 2.24) is 14.7 Å². The Morgan fingerprint density at radius 2 is 1.59 bits per heavy atom. The molecule has 2 fully saturated rings. The Balaban J connectivity index is 2.24. The summed E-state index contributed by atoms with van der Waals surface area (Å²) in [7, 11) is 3.37. The van der Waals surface area contributed by atoms with Gasteiger partial charge in [-0.3, -0.25) is 14.5 Å². The van der Waals surface area contributed by atoms with Crippen molar-refractivity contribution >= 4 is 17.9 Å². The Labute approximate surface area is 163 Å². The van der Waals surface area contributed by atoms with Gasteiger partial charge in [-0.1, -0.05) is 19.3 Å². The lowest BCUT2D eigenvalue weighted by Gasteiger charge is -2.38. The molecule has 2 atom stereocenters. The quantitative estimate of drug-likeness (QED) is 0.753. The van der Waals surface area contributed by atoms with Crippen LogP contribution in [0.3, 0.4) is 0 Å². The van der Waals surface area contributed by atoms with Gasteiger partial charge in [-0.15, -0.1) is 0 Å². The summed E-state index contributed by atoms with van der Waals surface area (Å²) in [6, 6.07) is -0.535. The van der Waals surface area contributed by atoms with Gasteiger partial charge in [0.05, 0.1) is 6.04 Å². The van der Waals surface area contributed by atoms with Crippen molar-refractivity contribution in [2.24, 2.45) is 0 Å². The first-order valence-corrected chi connectivity index (χ1v) is 10.0. The third-order valence-corrected chi connectivity index (χ3v) is 5.36. The smallest absolute Gasteiger partial charge is 0.411 e. The van der Waals surface area contributed by atoms with E-state index in [1.54, 1.807) is 21.0 Å². The van der Waals surface area contributed by atoms with Crippen molar-refractivity contribution < 1.29 is 19.1 Å². The van der Waals surface area contributed by atoms with Crippen LogP contribution in [0.15, 0.2) is 0 Å². The number of amides is 3. The van der Waals surface area contributed by atoms with Gasteiger partial charge in [0.2, 0.25) is 11.8 Å². The second-order valence-electron chi connectivity index (χ2n) is 8.99. The van der Waals surface area contributed by atoms with E-state index in [2.05, 4.69) is 0 Å². The monoisotopic (exact) mass is 381 g/mol. The number of carbonyl (C=O) groups is 3. The first-order valence-electron chi connectivity index (χ1n) is 10.0. The van der Waals surface area contributed by atoms with Gasteiger partial charge in [-0.05, 0) is 40.0 Å². The Bertz CT molecular complexity index is 564. The van der Waals surface area contributed by atoms with Gasteiger partial charge in [-0.2, -0.15) is 0 Å². The van der Waals surface area contributed by atoms with Crippen LogP contribution in [0.2, 0.25) is 0 Å². The Kier molecular flexibility index (Phi) is 6.76. The van der Waals surface area contributed by atoms with E-state index in [0.29, 0.717) is 13.0 Å². The van der Waals surface area contributed by atoms with Crippen LogP contribution in [0.25, 0.3) is 0 Å². The van der Waals surface area contributed by atoms with Crippen LogP contribution < -0.4 is 0 Å². The molecule has 0 aromatic rings. The normalized spacial score (nSPS) is 23.9. The first-order chi connectivity index (χ1) is 12.5. The molecule has 2 aliphatic rings. The lowest BCUT2D eigenvalue weighted by molar-refractivity contribution is -0.135. The topological polar surface area (TPSA) is 70.2 Å². The molecular weight excluding hydrogens is 346 g/mol. The molecule has 2 rings (SSSR count). The average Bonchev–Trinajstić information content (AvgIpc) is 2.98. The maximum Gasteiger partial charge on any atom is 0.411 e. The number of nitrogens with zero attached hydrogens (tertiary/aromatic N) is 3. The molecule has 0 aromatic carbocycles. The summed E-state index contributed by atoms with van der Waals surface area (Å²) in [6.07, 6.45) is 5.42. The summed E-state index contributed by atoms with van der Waals surface area (Å²) in [5.41, 5.74) is -0.634. The van der Waals surface area contributed by atoms with Crippen LogP contribution in [-0.2, 0) is 14.3 Å². The highest BCUT2D eigenvalue weighted by Crippen LogP contribution is 2.31. The van der Waals surface area contributed by atoms with Crippen molar-refractivity contribution in [3.8, 4) is 0 Å². The largest absolute Gasteiger partial charge is 0.444 e. The number of rotatable bonds is 3. The molecule has 0 unspecified atom stereocenters. The van der Waals surface area contributed by atoms with Gasteiger partial charge in [0, 0.05) is 33.6 Å². The van der Waals surface area contributed by atoms with Crippen LogP contribution in [-0.4, -0.2) is 77.0 Å². The van der Waals surface area contributed by atoms with Gasteiger partial charge in [-0.25, -0.2) is 4.79 Å². The zero-order valence-corrected chi connectivity index (χ0v) is 17.7. The van der Waals surface area contributed by atoms with Gasteiger partial charge in [0.1, 0.15) is 11.6 Å². The van der Waals surface area contributed by atoms with Crippen molar-refractivity contribution in [2.75, 3.05) is 20.6 Å². The second kappa shape index (κ2) is 8.48. The van der Waals surface area contributed by atoms with Crippen molar-refractivity contribution in [2.45, 2.75) is 89.9 Å². The highest BCUT2D eigenvalue weighted by Gasteiger charge is 2.45. The number of likely N-dealkylation sites (tertiary alicyclic amines) is 1. The predicted molar refractivity (Wildman–Crippen MR) is 103 cm³/mol. The Morgan fingerprint density at radius 1 is 1.00 bits per heavy atom. The Hall–Kier alpha value is -1.79. The highest BCUT2D eigenvalue weighted by atomic mass is 16.6. The molecule has 7 nitrogen and oxygen atoms in total. The summed E-state index contributed by atoms with van der Waals surface area (Å²) in [6.45, 7) is 7.37. The van der Waals surface area contributed by atoms with Gasteiger partial charge < -0.3 is 14.5 Å². The van der Waals surface area contributed by atoms with Crippen LogP contribution in [0.1, 0.15) is 66.2 Å². The number of likely N-dealkylation sites (N-methyl/N-ethyl adjacent to an activating group) is 1. The SMILES string of the molecule is CC(=O)N(C1CCCCC1)[C@H]1C[C@H](C(=O)N(C)C)N(C(=O)OC(C)(C)C)C1. The third kappa shape index (κ3) is 5.36. The zero-order valence-electron chi connectivity index (χ0n) is 17.7. The van der Waals surface area contributed by atoms with Gasteiger partial charge >= 0.3 is 6.09 Å². The summed E-state index contributed by atoms with van der Waals surface area (Å²) < 4.78 is 5.53. The molecule has 0 N–H and O–H groups in total. The molecule has 0 bridgehead atoms. The van der Waals surface area contributed by atoms with Crippen LogP contribution in [0, 0.1) is 0 Å². The molecular formula is C20H35N3O4. The fourth-order valence-electron chi connectivity index (χ4n) is 4.24. The lowest BCUT2D eigenvalue weighted by atomic mass is 9.92. The predicted octanol–water partition coefficient (Wildman–Crippen LogP) is 2.63. The third-order valence-electron chi connectivity index (χ3n) is 5.36. The summed E-state index contributed by atoms with van der Waals surface area (Å²) in [5, 5.41) is 0. The zero-order chi connectivity index (χ0) is 20.4. The average molecular weight is 382 g/mol. The molecule has 154 valence electrons. The molecule has 27 heavy (non-hydrogen) atoms. The summed E-state index contributed by atoms with van der Waals surface area (Å²) in [5.74, 6) is -0.107. The minimum atomic E-state index is -0.634. The fourth-order valence-corrected chi connectivity index (χ4v) is 4.24. The van der Waals surface area contributed by atoms with Gasteiger partial charge in [0.15, 0.2) is 0 Å². The molecule has 1 aliphatic heterocycles. The first kappa shape index (κ1) is 21.5. The van der Waals surface area contributed by atoms with Crippen LogP contribution >= 0.6 is 0 Å². The number of hydrogen-bond donors (Lipinski definition) is 0. The molecule has 0 aromatic heterocycles. The summed E-state index contributed by atoms with van der Waals surface area (Å²) >= 11 is 0. The lowest BCUT2D eigenvalue weighted by Crippen LogP contribution is -2.49. The maximum atomic E-state index is 12.7. The van der Waals surface area contributed by atoms with Crippen LogP contribution in [0.5, 0.6) is 0 Å². The van der Waals surface area contributed by atoms with Crippen LogP contribution in [0.4, 0.5) is 4.79 Å². The standard InChI is InChI=1S/C20H35N3O4/c1-14(24)23(15-10-8-7-9-11-15)16-12-17(18(25)21(5)6)22(13-16)19(26)27-20(2,3)4/h15-17H,7-13H2,1-6H3/t16-,17+/m0/s1. The molecule has 7 heteroatoms. The van der Waals surface area contributed by atoms with Crippen molar-refractivity contribution in [1.29, 1.82) is 0 Å². The van der Waals surface area contributed by atoms with E-state index in [1.165, 1.54) is 16.2 Å². The Morgan fingerprint density at radius 3 is 2.07 bits per heavy atom. The van der Waals surface area contributed by atoms with Crippen molar-refractivity contribution in [3.63, 3.8) is 0 Å². The van der Waals surface area contributed by atoms with Gasteiger partial charge in [0.25, 0.3) is 0 Å². The second-order valence-corrected chi connectivity index (χ2v) is 8.99. The molecule has 0 radical (unpaired) electrons. The number of ether oxygens (including phenoxy) is 1. The molecule has 0 spiro atoms. The van der Waals surface area contributed by atoms with Crippen molar-refractivity contribution in [3.05, 3.63) is 0 Å². The van der Waals surface area contributed by atoms with E-state index >= 15 is 0 Å². The molecule has 1 heterocycles. The molecule has 1 saturated carbocycles. The van der Waals surface area contributed by atoms with E-state index in [9.17, 15) is 14.4 Å². The molecule has 1 aliphatic carbocycles. The van der Waals surface area contributed by atoms with E-state index in [1.807, 2.05) is 25.7 Å². The number of carbonyl (C=O) groups excluding carboxylic acids is 3. The number of hydrogen-bond acceptors (Lipinski definition) is 4. The van der Waals surface area contributed by atoms with E-state index in [0.717, 1.165) is 25.7 Å². The van der Waals surface area contributed by atoms with E-state index in [-0.39, 0.29) is 23.9 Å². The maximum absolute atomic E-state index is 12.7.